The predicted molar refractivity (Wildman–Crippen MR) is 215 cm³/mol. The van der Waals surface area contributed by atoms with Crippen molar-refractivity contribution in [3.8, 4) is 23.0 Å². The van der Waals surface area contributed by atoms with Gasteiger partial charge < -0.3 is 19.3 Å². The average molecular weight is 721 g/mol. The molecule has 3 aliphatic rings. The van der Waals surface area contributed by atoms with Gasteiger partial charge in [-0.3, -0.25) is 0 Å². The van der Waals surface area contributed by atoms with Gasteiger partial charge in [0, 0.05) is 27.6 Å². The van der Waals surface area contributed by atoms with E-state index in [9.17, 15) is 8.42 Å². The molecule has 8 aromatic carbocycles. The topological polar surface area (TPSA) is 59.1 Å². The van der Waals surface area contributed by atoms with E-state index in [1.807, 2.05) is 97.1 Å². The van der Waals surface area contributed by atoms with Crippen LogP contribution in [-0.2, 0) is 15.3 Å². The van der Waals surface area contributed by atoms with Crippen LogP contribution in [0, 0.1) is 0 Å². The molecule has 0 atom stereocenters. The summed E-state index contributed by atoms with van der Waals surface area (Å²) < 4.78 is 42.2. The first kappa shape index (κ1) is 31.0. The maximum Gasteiger partial charge on any atom is 0.207 e. The van der Waals surface area contributed by atoms with E-state index in [1.165, 1.54) is 0 Å². The number of anilines is 6. The molecule has 0 spiro atoms. The summed E-state index contributed by atoms with van der Waals surface area (Å²) in [6.07, 6.45) is 0. The first-order valence-corrected chi connectivity index (χ1v) is 19.5. The normalized spacial score (nSPS) is 15.5. The third-order valence-corrected chi connectivity index (χ3v) is 13.1. The first-order valence-electron chi connectivity index (χ1n) is 18.0. The summed E-state index contributed by atoms with van der Waals surface area (Å²) in [7, 11) is -3.87. The zero-order valence-corrected chi connectivity index (χ0v) is 30.3. The molecule has 6 nitrogen and oxygen atoms in total. The minimum absolute atomic E-state index is 0.323. The average Bonchev–Trinajstić information content (AvgIpc) is 3.21. The summed E-state index contributed by atoms with van der Waals surface area (Å²) in [4.78, 5) is 5.06. The van der Waals surface area contributed by atoms with Crippen molar-refractivity contribution in [2.45, 2.75) is 29.1 Å². The second-order valence-corrected chi connectivity index (χ2v) is 16.5. The summed E-state index contributed by atoms with van der Waals surface area (Å²) >= 11 is 0. The van der Waals surface area contributed by atoms with Gasteiger partial charge in [-0.25, -0.2) is 8.42 Å². The third-order valence-electron chi connectivity index (χ3n) is 11.2. The van der Waals surface area contributed by atoms with Crippen LogP contribution in [0.5, 0.6) is 23.0 Å². The van der Waals surface area contributed by atoms with Crippen LogP contribution in [-0.4, -0.2) is 8.42 Å². The fraction of sp³-hybridized carbons (Fsp3) is 0.0638. The molecule has 8 aromatic rings. The lowest BCUT2D eigenvalue weighted by molar-refractivity contribution is 0.477. The second-order valence-electron chi connectivity index (χ2n) is 14.6. The Morgan fingerprint density at radius 1 is 0.463 bits per heavy atom. The van der Waals surface area contributed by atoms with Crippen LogP contribution in [0.2, 0.25) is 0 Å². The maximum atomic E-state index is 14.6. The van der Waals surface area contributed by atoms with Gasteiger partial charge in [-0.1, -0.05) is 98.8 Å². The first-order chi connectivity index (χ1) is 26.3. The summed E-state index contributed by atoms with van der Waals surface area (Å²) in [6, 6.07) is 52.2. The Hall–Kier alpha value is -6.57. The summed E-state index contributed by atoms with van der Waals surface area (Å²) in [5, 5.41) is 4.27. The molecule has 0 N–H and O–H groups in total. The number of ether oxygens (including phenoxy) is 2. The van der Waals surface area contributed by atoms with Gasteiger partial charge in [0.05, 0.1) is 32.5 Å². The van der Waals surface area contributed by atoms with Crippen LogP contribution in [0.15, 0.2) is 168 Å². The molecule has 3 aliphatic heterocycles. The smallest absolute Gasteiger partial charge is 0.207 e. The summed E-state index contributed by atoms with van der Waals surface area (Å²) in [6.45, 7) is 4.25. The van der Waals surface area contributed by atoms with Gasteiger partial charge >= 0.3 is 0 Å². The number of hydrogen-bond donors (Lipinski definition) is 0. The van der Waals surface area contributed by atoms with E-state index in [-0.39, 0.29) is 0 Å². The quantitative estimate of drug-likeness (QED) is 0.177. The number of sulfone groups is 1. The van der Waals surface area contributed by atoms with Crippen LogP contribution in [0.1, 0.15) is 25.0 Å². The Balaban J connectivity index is 1.12. The molecule has 0 radical (unpaired) electrons. The van der Waals surface area contributed by atoms with E-state index >= 15 is 0 Å². The zero-order valence-electron chi connectivity index (χ0n) is 29.4. The van der Waals surface area contributed by atoms with Crippen molar-refractivity contribution in [3.05, 3.63) is 169 Å². The summed E-state index contributed by atoms with van der Waals surface area (Å²) in [5.74, 6) is 2.95. The number of para-hydroxylation sites is 4. The van der Waals surface area contributed by atoms with Crippen LogP contribution >= 0.6 is 0 Å². The van der Waals surface area contributed by atoms with Gasteiger partial charge in [0.25, 0.3) is 0 Å². The van der Waals surface area contributed by atoms with Crippen molar-refractivity contribution in [3.63, 3.8) is 0 Å². The van der Waals surface area contributed by atoms with Gasteiger partial charge in [-0.05, 0) is 94.7 Å². The molecule has 7 heteroatoms. The van der Waals surface area contributed by atoms with Gasteiger partial charge in [0.2, 0.25) is 9.84 Å². The molecule has 0 amide bonds. The van der Waals surface area contributed by atoms with E-state index in [0.717, 1.165) is 89.8 Å². The molecule has 11 rings (SSSR count). The van der Waals surface area contributed by atoms with E-state index in [4.69, 9.17) is 9.47 Å². The van der Waals surface area contributed by atoms with E-state index in [0.29, 0.717) is 9.79 Å². The van der Waals surface area contributed by atoms with Gasteiger partial charge in [-0.2, -0.15) is 0 Å². The molecular weight excluding hydrogens is 689 g/mol. The van der Waals surface area contributed by atoms with Crippen LogP contribution in [0.4, 0.5) is 34.1 Å². The minimum Gasteiger partial charge on any atom is -0.453 e. The number of fused-ring (bicyclic) bond motifs is 10. The monoisotopic (exact) mass is 720 g/mol. The van der Waals surface area contributed by atoms with Crippen molar-refractivity contribution in [1.29, 1.82) is 0 Å². The highest BCUT2D eigenvalue weighted by molar-refractivity contribution is 7.91. The molecule has 0 fully saturated rings. The number of hydrogen-bond acceptors (Lipinski definition) is 6. The Labute approximate surface area is 313 Å². The molecule has 3 heterocycles. The molecule has 260 valence electrons. The van der Waals surface area contributed by atoms with Crippen molar-refractivity contribution in [2.24, 2.45) is 0 Å². The highest BCUT2D eigenvalue weighted by atomic mass is 32.2. The SMILES string of the molecule is CC1(C)c2cc(N3c4ccccc4Oc4ccc5ccccc5c43)ccc2S(=O)(=O)c2ccc(N3c4ccccc4Oc4ccc5ccccc5c43)cc21. The lowest BCUT2D eigenvalue weighted by atomic mass is 9.77. The van der Waals surface area contributed by atoms with Crippen molar-refractivity contribution in [1.82, 2.24) is 0 Å². The van der Waals surface area contributed by atoms with Crippen molar-refractivity contribution in [2.75, 3.05) is 9.80 Å². The van der Waals surface area contributed by atoms with E-state index in [2.05, 4.69) is 72.2 Å². The summed E-state index contributed by atoms with van der Waals surface area (Å²) in [5.41, 5.74) is 6.11. The van der Waals surface area contributed by atoms with Gasteiger partial charge in [-0.15, -0.1) is 0 Å². The molecule has 0 aromatic heterocycles. The number of benzene rings is 8. The minimum atomic E-state index is -3.87. The predicted octanol–water partition coefficient (Wildman–Crippen LogP) is 12.6. The van der Waals surface area contributed by atoms with Crippen molar-refractivity contribution < 1.29 is 17.9 Å². The van der Waals surface area contributed by atoms with Crippen LogP contribution in [0.25, 0.3) is 21.5 Å². The van der Waals surface area contributed by atoms with Crippen molar-refractivity contribution >= 4 is 65.5 Å². The Morgan fingerprint density at radius 3 is 1.37 bits per heavy atom. The molecule has 0 unspecified atom stereocenters. The number of nitrogens with zero attached hydrogens (tertiary/aromatic N) is 2. The molecule has 0 bridgehead atoms. The van der Waals surface area contributed by atoms with E-state index < -0.39 is 15.3 Å². The lowest BCUT2D eigenvalue weighted by Crippen LogP contribution is -2.31. The molecule has 54 heavy (non-hydrogen) atoms. The Kier molecular flexibility index (Phi) is 6.30. The molecule has 0 saturated carbocycles. The van der Waals surface area contributed by atoms with E-state index in [1.54, 1.807) is 12.1 Å². The van der Waals surface area contributed by atoms with Gasteiger partial charge in [0.1, 0.15) is 0 Å². The van der Waals surface area contributed by atoms with Gasteiger partial charge in [0.15, 0.2) is 23.0 Å². The highest BCUT2D eigenvalue weighted by Gasteiger charge is 2.42. The highest BCUT2D eigenvalue weighted by Crippen LogP contribution is 2.57. The standard InChI is InChI=1S/C47H32N2O4S/c1-47(2)35-27-31(48-37-15-7-9-17-39(37)52-41-23-19-29-11-3-5-13-33(29)45(41)48)21-25-43(35)54(50,51)44-26-22-32(28-36(44)47)49-38-16-8-10-18-40(38)53-42-24-20-30-12-4-6-14-34(30)46(42)49/h3-28H,1-2H3. The van der Waals surface area contributed by atoms with Crippen LogP contribution < -0.4 is 19.3 Å². The molecule has 0 saturated heterocycles. The molecular formula is C47H32N2O4S. The second kappa shape index (κ2) is 11.0. The lowest BCUT2D eigenvalue weighted by Gasteiger charge is -2.39. The third kappa shape index (κ3) is 4.24. The Bertz CT molecular complexity index is 2830. The van der Waals surface area contributed by atoms with Crippen LogP contribution in [0.3, 0.4) is 0 Å². The zero-order chi connectivity index (χ0) is 36.3. The number of rotatable bonds is 2. The molecule has 0 aliphatic carbocycles. The fourth-order valence-corrected chi connectivity index (χ4v) is 10.5. The fourth-order valence-electron chi connectivity index (χ4n) is 8.59. The Morgan fingerprint density at radius 2 is 0.889 bits per heavy atom. The largest absolute Gasteiger partial charge is 0.453 e. The maximum absolute atomic E-state index is 14.6.